The minimum absolute atomic E-state index is 0.0202. The lowest BCUT2D eigenvalue weighted by molar-refractivity contribution is 0.598. The fourth-order valence-electron chi connectivity index (χ4n) is 2.93. The Labute approximate surface area is 186 Å². The van der Waals surface area contributed by atoms with Gasteiger partial charge in [0.15, 0.2) is 17.2 Å². The van der Waals surface area contributed by atoms with Crippen molar-refractivity contribution >= 4 is 50.3 Å². The smallest absolute Gasteiger partial charge is 0.238 e. The number of nitrogens with zero attached hydrogens (tertiary/aromatic N) is 6. The quantitative estimate of drug-likeness (QED) is 0.383. The number of anilines is 2. The summed E-state index contributed by atoms with van der Waals surface area (Å²) < 4.78 is 24.3. The van der Waals surface area contributed by atoms with E-state index in [-0.39, 0.29) is 39.1 Å². The molecule has 0 saturated heterocycles. The molecule has 0 saturated carbocycles. The number of sulfonamides is 1. The number of nitriles is 1. The second kappa shape index (κ2) is 7.89. The van der Waals surface area contributed by atoms with Crippen LogP contribution in [0.4, 0.5) is 23.0 Å². The van der Waals surface area contributed by atoms with Crippen molar-refractivity contribution < 1.29 is 8.42 Å². The van der Waals surface area contributed by atoms with E-state index in [2.05, 4.69) is 20.3 Å². The highest BCUT2D eigenvalue weighted by Gasteiger charge is 2.20. The maximum atomic E-state index is 11.6. The van der Waals surface area contributed by atoms with Crippen LogP contribution >= 0.6 is 11.6 Å². The minimum Gasteiger partial charge on any atom is -0.382 e. The summed E-state index contributed by atoms with van der Waals surface area (Å²) in [5.41, 5.74) is 13.6. The van der Waals surface area contributed by atoms with Gasteiger partial charge in [-0.1, -0.05) is 29.8 Å². The van der Waals surface area contributed by atoms with Gasteiger partial charge in [0, 0.05) is 10.6 Å². The number of azo groups is 1. The molecule has 0 spiro atoms. The van der Waals surface area contributed by atoms with E-state index in [1.807, 2.05) is 6.07 Å². The van der Waals surface area contributed by atoms with Crippen LogP contribution in [0, 0.1) is 11.3 Å². The Morgan fingerprint density at radius 2 is 1.81 bits per heavy atom. The van der Waals surface area contributed by atoms with Gasteiger partial charge in [-0.25, -0.2) is 18.5 Å². The third kappa shape index (κ3) is 3.83. The van der Waals surface area contributed by atoms with E-state index in [9.17, 15) is 13.7 Å². The van der Waals surface area contributed by atoms with Gasteiger partial charge >= 0.3 is 0 Å². The molecular weight excluding hydrogens is 454 g/mol. The molecule has 4 aromatic rings. The normalized spacial score (nSPS) is 11.8. The van der Waals surface area contributed by atoms with Crippen molar-refractivity contribution in [3.8, 4) is 17.3 Å². The molecule has 2 aromatic carbocycles. The summed E-state index contributed by atoms with van der Waals surface area (Å²) in [7, 11) is -3.90. The van der Waals surface area contributed by atoms with E-state index in [4.69, 9.17) is 28.2 Å². The molecule has 32 heavy (non-hydrogen) atoms. The molecule has 11 nitrogen and oxygen atoms in total. The second-order valence-electron chi connectivity index (χ2n) is 6.55. The number of rotatable bonds is 4. The monoisotopic (exact) mass is 467 g/mol. The average molecular weight is 468 g/mol. The third-order valence-electron chi connectivity index (χ3n) is 4.44. The third-order valence-corrected chi connectivity index (χ3v) is 5.61. The van der Waals surface area contributed by atoms with Crippen molar-refractivity contribution in [3.63, 3.8) is 0 Å². The van der Waals surface area contributed by atoms with Gasteiger partial charge in [-0.15, -0.1) is 10.2 Å². The van der Waals surface area contributed by atoms with Crippen molar-refractivity contribution in [2.75, 3.05) is 11.5 Å². The molecule has 0 amide bonds. The lowest BCUT2D eigenvalue weighted by Crippen LogP contribution is -2.11. The molecule has 0 bridgehead atoms. The summed E-state index contributed by atoms with van der Waals surface area (Å²) in [4.78, 5) is 4.38. The lowest BCUT2D eigenvalue weighted by atomic mass is 10.1. The number of nitrogens with two attached hydrogens (primary N) is 3. The van der Waals surface area contributed by atoms with Gasteiger partial charge in [0.1, 0.15) is 17.5 Å². The predicted octanol–water partition coefficient (Wildman–Crippen LogP) is 3.15. The van der Waals surface area contributed by atoms with E-state index in [0.717, 1.165) is 0 Å². The average Bonchev–Trinajstić information content (AvgIpc) is 3.08. The largest absolute Gasteiger partial charge is 0.382 e. The summed E-state index contributed by atoms with van der Waals surface area (Å²) in [6, 6.07) is 14.3. The zero-order valence-corrected chi connectivity index (χ0v) is 17.7. The maximum Gasteiger partial charge on any atom is 0.238 e. The van der Waals surface area contributed by atoms with E-state index in [0.29, 0.717) is 16.3 Å². The summed E-state index contributed by atoms with van der Waals surface area (Å²) >= 11 is 5.95. The van der Waals surface area contributed by atoms with Crippen LogP contribution in [0.1, 0.15) is 5.56 Å². The molecule has 160 valence electrons. The fraction of sp³-hybridized carbons (Fsp3) is 0. The molecule has 4 rings (SSSR count). The van der Waals surface area contributed by atoms with Gasteiger partial charge < -0.3 is 11.5 Å². The van der Waals surface area contributed by atoms with Crippen LogP contribution in [-0.4, -0.2) is 23.0 Å². The lowest BCUT2D eigenvalue weighted by Gasteiger charge is -2.08. The number of halogens is 1. The minimum atomic E-state index is -3.90. The van der Waals surface area contributed by atoms with Crippen LogP contribution in [0.3, 0.4) is 0 Å². The van der Waals surface area contributed by atoms with Crippen LogP contribution in [-0.2, 0) is 10.0 Å². The van der Waals surface area contributed by atoms with Crippen LogP contribution < -0.4 is 16.6 Å². The van der Waals surface area contributed by atoms with Crippen LogP contribution in [0.15, 0.2) is 63.7 Å². The standard InChI is InChI=1S/C19H14ClN9O2S/c20-11-6-4-10(5-7-11)15-14(9-21)18(23)29-19(25-15)16(17(22)28-29)27-26-12-2-1-3-13(8-12)32(24,30)31/h1-8H,23H2,(H2,22,28)(H2,24,30,31). The first kappa shape index (κ1) is 21.2. The van der Waals surface area contributed by atoms with Gasteiger partial charge in [-0.3, -0.25) is 0 Å². The maximum absolute atomic E-state index is 11.6. The number of fused-ring (bicyclic) bond motifs is 1. The first-order valence-electron chi connectivity index (χ1n) is 8.87. The second-order valence-corrected chi connectivity index (χ2v) is 8.55. The SMILES string of the molecule is N#Cc1c(-c2ccc(Cl)cc2)nc2c(N=Nc3cccc(S(N)(=O)=O)c3)c(N)nn2c1N. The molecule has 0 aliphatic heterocycles. The van der Waals surface area contributed by atoms with Gasteiger partial charge in [0.2, 0.25) is 10.0 Å². The van der Waals surface area contributed by atoms with Crippen molar-refractivity contribution in [1.82, 2.24) is 14.6 Å². The van der Waals surface area contributed by atoms with E-state index in [1.165, 1.54) is 28.8 Å². The number of benzene rings is 2. The molecule has 0 aliphatic rings. The van der Waals surface area contributed by atoms with Gasteiger partial charge in [0.05, 0.1) is 16.3 Å². The Morgan fingerprint density at radius 3 is 2.47 bits per heavy atom. The van der Waals surface area contributed by atoms with Gasteiger partial charge in [-0.05, 0) is 30.3 Å². The zero-order valence-electron chi connectivity index (χ0n) is 16.1. The number of aromatic nitrogens is 3. The molecule has 0 fully saturated rings. The van der Waals surface area contributed by atoms with Crippen molar-refractivity contribution in [2.45, 2.75) is 4.90 Å². The Morgan fingerprint density at radius 1 is 1.09 bits per heavy atom. The van der Waals surface area contributed by atoms with Gasteiger partial charge in [0.25, 0.3) is 0 Å². The van der Waals surface area contributed by atoms with Crippen molar-refractivity contribution in [3.05, 3.63) is 59.1 Å². The van der Waals surface area contributed by atoms with Crippen molar-refractivity contribution in [1.29, 1.82) is 5.26 Å². The van der Waals surface area contributed by atoms with Crippen LogP contribution in [0.25, 0.3) is 16.9 Å². The zero-order chi connectivity index (χ0) is 23.0. The molecule has 2 aromatic heterocycles. The molecule has 13 heteroatoms. The van der Waals surface area contributed by atoms with E-state index < -0.39 is 10.0 Å². The molecule has 0 aliphatic carbocycles. The predicted molar refractivity (Wildman–Crippen MR) is 119 cm³/mol. The first-order valence-corrected chi connectivity index (χ1v) is 10.8. The van der Waals surface area contributed by atoms with Crippen LogP contribution in [0.5, 0.6) is 0 Å². The summed E-state index contributed by atoms with van der Waals surface area (Å²) in [5.74, 6) is -0.0143. The molecule has 0 unspecified atom stereocenters. The molecule has 0 radical (unpaired) electrons. The Hall–Kier alpha value is -4.05. The molecule has 0 atom stereocenters. The van der Waals surface area contributed by atoms with E-state index in [1.54, 1.807) is 24.3 Å². The summed E-state index contributed by atoms with van der Waals surface area (Å²) in [6.07, 6.45) is 0. The topological polar surface area (TPSA) is 191 Å². The Kier molecular flexibility index (Phi) is 5.23. The van der Waals surface area contributed by atoms with Gasteiger partial charge in [-0.2, -0.15) is 14.9 Å². The fourth-order valence-corrected chi connectivity index (χ4v) is 3.61. The highest BCUT2D eigenvalue weighted by molar-refractivity contribution is 7.89. The highest BCUT2D eigenvalue weighted by atomic mass is 35.5. The summed E-state index contributed by atoms with van der Waals surface area (Å²) in [6.45, 7) is 0. The molecule has 2 heterocycles. The van der Waals surface area contributed by atoms with E-state index >= 15 is 0 Å². The number of hydrogen-bond acceptors (Lipinski definition) is 9. The summed E-state index contributed by atoms with van der Waals surface area (Å²) in [5, 5.41) is 27.5. The number of nitrogen functional groups attached to an aromatic ring is 2. The molecule has 6 N–H and O–H groups in total. The number of hydrogen-bond donors (Lipinski definition) is 3. The molecular formula is C19H14ClN9O2S. The Bertz CT molecular complexity index is 1540. The van der Waals surface area contributed by atoms with Crippen LogP contribution in [0.2, 0.25) is 5.02 Å². The van der Waals surface area contributed by atoms with Crippen molar-refractivity contribution in [2.24, 2.45) is 15.4 Å². The number of primary sulfonamides is 1. The Balaban J connectivity index is 1.88. The highest BCUT2D eigenvalue weighted by Crippen LogP contribution is 2.34. The first-order chi connectivity index (χ1) is 15.2.